The zero-order valence-electron chi connectivity index (χ0n) is 22.6. The van der Waals surface area contributed by atoms with Crippen LogP contribution in [-0.2, 0) is 9.53 Å². The Morgan fingerprint density at radius 2 is 2.03 bits per heavy atom. The van der Waals surface area contributed by atoms with Crippen LogP contribution in [0.15, 0.2) is 40.7 Å². The molecule has 198 valence electrons. The monoisotopic (exact) mass is 550 g/mol. The average Bonchev–Trinajstić information content (AvgIpc) is 3.27. The van der Waals surface area contributed by atoms with Crippen LogP contribution in [0.4, 0.5) is 5.69 Å². The second kappa shape index (κ2) is 14.2. The van der Waals surface area contributed by atoms with Gasteiger partial charge in [-0.1, -0.05) is 32.4 Å². The molecule has 0 unspecified atom stereocenters. The van der Waals surface area contributed by atoms with Gasteiger partial charge >= 0.3 is 5.97 Å². The van der Waals surface area contributed by atoms with Crippen molar-refractivity contribution in [1.29, 1.82) is 0 Å². The molecule has 0 radical (unpaired) electrons. The molecule has 0 aliphatic carbocycles. The maximum atomic E-state index is 12.0. The van der Waals surface area contributed by atoms with E-state index < -0.39 is 5.41 Å². The van der Waals surface area contributed by atoms with Crippen LogP contribution in [0.5, 0.6) is 0 Å². The summed E-state index contributed by atoms with van der Waals surface area (Å²) in [6.45, 7) is 10.9. The van der Waals surface area contributed by atoms with Gasteiger partial charge < -0.3 is 9.46 Å². The van der Waals surface area contributed by atoms with Gasteiger partial charge in [0.25, 0.3) is 0 Å². The number of halogens is 1. The van der Waals surface area contributed by atoms with Crippen molar-refractivity contribution < 1.29 is 9.53 Å². The molecule has 9 heteroatoms. The molecule has 1 aromatic carbocycles. The summed E-state index contributed by atoms with van der Waals surface area (Å²) in [5, 5.41) is 2.87. The molecular weight excluding hydrogens is 512 g/mol. The van der Waals surface area contributed by atoms with Gasteiger partial charge in [-0.3, -0.25) is 14.7 Å². The number of nitrogens with one attached hydrogen (secondary N) is 2. The number of aliphatic imine (C=N–C) groups is 1. The summed E-state index contributed by atoms with van der Waals surface area (Å²) in [6.07, 6.45) is 2.97. The van der Waals surface area contributed by atoms with Crippen LogP contribution >= 0.6 is 35.1 Å². The molecule has 0 bridgehead atoms. The summed E-state index contributed by atoms with van der Waals surface area (Å²) in [5.41, 5.74) is 4.76. The number of benzene rings is 1. The molecule has 2 aromatic rings. The number of thiophene rings is 1. The Hall–Kier alpha value is -1.84. The molecule has 0 aliphatic heterocycles. The highest BCUT2D eigenvalue weighted by molar-refractivity contribution is 7.98. The van der Waals surface area contributed by atoms with Crippen molar-refractivity contribution >= 4 is 58.0 Å². The molecule has 2 N–H and O–H groups in total. The maximum Gasteiger partial charge on any atom is 0.320 e. The number of ether oxygens (including phenoxy) is 1. The van der Waals surface area contributed by atoms with E-state index in [2.05, 4.69) is 58.8 Å². The number of carbonyl (C=O) groups excluding carboxylic acids is 1. The first-order chi connectivity index (χ1) is 17.0. The number of esters is 1. The zero-order valence-corrected chi connectivity index (χ0v) is 25.0. The SMILES string of the molecule is CC/C(=C\C(=NC)C(C)(C)COC(=O)CN(C)C)c1csc(-c2ccc(NSNC(C)C)cc2Cl)c1. The Labute approximate surface area is 229 Å². The largest absolute Gasteiger partial charge is 0.464 e. The third kappa shape index (κ3) is 9.23. The Morgan fingerprint density at radius 1 is 1.31 bits per heavy atom. The molecule has 0 atom stereocenters. The van der Waals surface area contributed by atoms with Gasteiger partial charge in [0.15, 0.2) is 0 Å². The summed E-state index contributed by atoms with van der Waals surface area (Å²) < 4.78 is 12.0. The zero-order chi connectivity index (χ0) is 26.9. The number of allylic oxidation sites excluding steroid dienone is 2. The van der Waals surface area contributed by atoms with Crippen LogP contribution in [0.2, 0.25) is 5.02 Å². The van der Waals surface area contributed by atoms with E-state index in [0.29, 0.717) is 11.1 Å². The lowest BCUT2D eigenvalue weighted by Gasteiger charge is -2.25. The second-order valence-electron chi connectivity index (χ2n) is 9.79. The van der Waals surface area contributed by atoms with E-state index in [0.717, 1.165) is 33.8 Å². The number of hydrogen-bond acceptors (Lipinski definition) is 8. The van der Waals surface area contributed by atoms with Crippen molar-refractivity contribution in [2.45, 2.75) is 47.1 Å². The molecule has 1 heterocycles. The molecule has 0 fully saturated rings. The highest BCUT2D eigenvalue weighted by atomic mass is 35.5. The quantitative estimate of drug-likeness (QED) is 0.158. The minimum absolute atomic E-state index is 0.237. The minimum Gasteiger partial charge on any atom is -0.464 e. The molecule has 0 spiro atoms. The van der Waals surface area contributed by atoms with Gasteiger partial charge in [0.2, 0.25) is 0 Å². The summed E-state index contributed by atoms with van der Waals surface area (Å²) in [7, 11) is 5.48. The molecule has 0 saturated heterocycles. The first-order valence-corrected chi connectivity index (χ1v) is 14.1. The Morgan fingerprint density at radius 3 is 2.61 bits per heavy atom. The van der Waals surface area contributed by atoms with Crippen molar-refractivity contribution in [3.8, 4) is 10.4 Å². The summed E-state index contributed by atoms with van der Waals surface area (Å²) in [5.74, 6) is -0.237. The van der Waals surface area contributed by atoms with Gasteiger partial charge in [0, 0.05) is 52.5 Å². The van der Waals surface area contributed by atoms with Gasteiger partial charge in [0.05, 0.1) is 11.6 Å². The number of nitrogens with zero attached hydrogens (tertiary/aromatic N) is 2. The normalized spacial score (nSPS) is 13.0. The Bertz CT molecular complexity index is 1080. The second-order valence-corrected chi connectivity index (χ2v) is 11.7. The van der Waals surface area contributed by atoms with Gasteiger partial charge in [-0.05, 0) is 81.2 Å². The summed E-state index contributed by atoms with van der Waals surface area (Å²) in [6, 6.07) is 8.60. The van der Waals surface area contributed by atoms with Crippen LogP contribution in [0, 0.1) is 5.41 Å². The lowest BCUT2D eigenvalue weighted by Crippen LogP contribution is -2.32. The third-order valence-corrected chi connectivity index (χ3v) is 7.54. The Balaban J connectivity index is 2.19. The molecule has 36 heavy (non-hydrogen) atoms. The van der Waals surface area contributed by atoms with Gasteiger partial charge in [-0.15, -0.1) is 11.3 Å². The van der Waals surface area contributed by atoms with Crippen LogP contribution in [0.3, 0.4) is 0 Å². The number of carbonyl (C=O) groups is 1. The van der Waals surface area contributed by atoms with E-state index in [4.69, 9.17) is 16.3 Å². The van der Waals surface area contributed by atoms with Crippen molar-refractivity contribution in [2.75, 3.05) is 39.0 Å². The fraction of sp³-hybridized carbons (Fsp3) is 0.481. The average molecular weight is 551 g/mol. The van der Waals surface area contributed by atoms with Crippen LogP contribution in [0.1, 0.15) is 46.6 Å². The van der Waals surface area contributed by atoms with Gasteiger partial charge in [-0.2, -0.15) is 0 Å². The molecule has 0 aliphatic rings. The van der Waals surface area contributed by atoms with Gasteiger partial charge in [0.1, 0.15) is 6.61 Å². The molecule has 6 nitrogen and oxygen atoms in total. The third-order valence-electron chi connectivity index (χ3n) is 5.33. The lowest BCUT2D eigenvalue weighted by molar-refractivity contribution is -0.146. The van der Waals surface area contributed by atoms with E-state index in [-0.39, 0.29) is 19.1 Å². The van der Waals surface area contributed by atoms with E-state index in [1.54, 1.807) is 23.3 Å². The fourth-order valence-corrected chi connectivity index (χ4v) is 5.24. The topological polar surface area (TPSA) is 66.0 Å². The smallest absolute Gasteiger partial charge is 0.320 e. The summed E-state index contributed by atoms with van der Waals surface area (Å²) in [4.78, 5) is 19.5. The maximum absolute atomic E-state index is 12.0. The van der Waals surface area contributed by atoms with Crippen molar-refractivity contribution in [3.05, 3.63) is 46.3 Å². The minimum atomic E-state index is -0.412. The van der Waals surface area contributed by atoms with Crippen LogP contribution in [-0.4, -0.2) is 56.9 Å². The van der Waals surface area contributed by atoms with Crippen LogP contribution < -0.4 is 9.44 Å². The first kappa shape index (κ1) is 30.4. The van der Waals surface area contributed by atoms with Crippen LogP contribution in [0.25, 0.3) is 16.0 Å². The number of rotatable bonds is 13. The lowest BCUT2D eigenvalue weighted by atomic mass is 9.86. The fourth-order valence-electron chi connectivity index (χ4n) is 3.39. The highest BCUT2D eigenvalue weighted by Crippen LogP contribution is 2.37. The standard InChI is InChI=1S/C27H39ClN4O2S2/c1-9-19(13-25(29-6)27(4,5)17-34-26(33)15-32(7)8)20-12-24(35-16-20)22-11-10-21(14-23(22)28)31-36-30-18(2)3/h10-14,16,18,30-31H,9,15,17H2,1-8H3/b19-13+,29-25?. The van der Waals surface area contributed by atoms with Crippen molar-refractivity contribution in [1.82, 2.24) is 9.62 Å². The van der Waals surface area contributed by atoms with E-state index in [1.807, 2.05) is 40.1 Å². The van der Waals surface area contributed by atoms with E-state index in [1.165, 1.54) is 17.7 Å². The molecule has 0 amide bonds. The number of likely N-dealkylation sites (N-methyl/N-ethyl adjacent to an activating group) is 1. The molecule has 0 saturated carbocycles. The van der Waals surface area contributed by atoms with Gasteiger partial charge in [-0.25, -0.2) is 4.72 Å². The number of anilines is 1. The van der Waals surface area contributed by atoms with Crippen molar-refractivity contribution in [3.63, 3.8) is 0 Å². The Kier molecular flexibility index (Phi) is 12.0. The number of hydrogen-bond donors (Lipinski definition) is 2. The molecule has 2 rings (SSSR count). The molecular formula is C27H39ClN4O2S2. The molecule has 1 aromatic heterocycles. The predicted molar refractivity (Wildman–Crippen MR) is 159 cm³/mol. The van der Waals surface area contributed by atoms with Crippen molar-refractivity contribution in [2.24, 2.45) is 10.4 Å². The predicted octanol–water partition coefficient (Wildman–Crippen LogP) is 7.04. The van der Waals surface area contributed by atoms with E-state index >= 15 is 0 Å². The highest BCUT2D eigenvalue weighted by Gasteiger charge is 2.26. The van der Waals surface area contributed by atoms with E-state index in [9.17, 15) is 4.79 Å². The summed E-state index contributed by atoms with van der Waals surface area (Å²) >= 11 is 9.77. The first-order valence-electron chi connectivity index (χ1n) is 12.0.